The van der Waals surface area contributed by atoms with Gasteiger partial charge >= 0.3 is 6.18 Å². The third-order valence-corrected chi connectivity index (χ3v) is 7.09. The molecule has 3 aromatic heterocycles. The number of halogens is 3. The molecule has 3 N–H and O–H groups in total. The number of rotatable bonds is 10. The maximum absolute atomic E-state index is 13.5. The van der Waals surface area contributed by atoms with Gasteiger partial charge in [0.2, 0.25) is 5.82 Å². The van der Waals surface area contributed by atoms with Crippen LogP contribution in [0.5, 0.6) is 0 Å². The highest BCUT2D eigenvalue weighted by Gasteiger charge is 2.34. The highest BCUT2D eigenvalue weighted by molar-refractivity contribution is 6.04. The first-order valence-electron chi connectivity index (χ1n) is 15.6. The van der Waals surface area contributed by atoms with Crippen molar-refractivity contribution in [3.05, 3.63) is 102 Å². The van der Waals surface area contributed by atoms with Gasteiger partial charge in [-0.05, 0) is 63.4 Å². The lowest BCUT2D eigenvalue weighted by atomic mass is 9.98. The second kappa shape index (κ2) is 18.6. The second-order valence-corrected chi connectivity index (χ2v) is 10.6. The fourth-order valence-corrected chi connectivity index (χ4v) is 4.63. The van der Waals surface area contributed by atoms with Crippen molar-refractivity contribution in [2.45, 2.75) is 58.7 Å². The fraction of sp³-hybridized carbons (Fsp3) is 0.294. The van der Waals surface area contributed by atoms with Crippen LogP contribution in [-0.4, -0.2) is 66.6 Å². The quantitative estimate of drug-likeness (QED) is 0.184. The van der Waals surface area contributed by atoms with E-state index < -0.39 is 35.6 Å². The smallest absolute Gasteiger partial charge is 0.433 e. The summed E-state index contributed by atoms with van der Waals surface area (Å²) in [5, 5.41) is 16.5. The zero-order valence-corrected chi connectivity index (χ0v) is 27.6. The van der Waals surface area contributed by atoms with E-state index in [1.54, 1.807) is 30.1 Å². The Morgan fingerprint density at radius 3 is 2.26 bits per heavy atom. The van der Waals surface area contributed by atoms with Crippen molar-refractivity contribution in [2.24, 2.45) is 0 Å². The van der Waals surface area contributed by atoms with Crippen LogP contribution in [0.25, 0.3) is 5.69 Å². The number of nitrogens with zero attached hydrogens (tertiary/aromatic N) is 6. The number of amides is 3. The predicted molar refractivity (Wildman–Crippen MR) is 178 cm³/mol. The minimum absolute atomic E-state index is 0.0232. The van der Waals surface area contributed by atoms with Crippen molar-refractivity contribution in [3.63, 3.8) is 0 Å². The van der Waals surface area contributed by atoms with Crippen molar-refractivity contribution >= 4 is 35.8 Å². The van der Waals surface area contributed by atoms with Crippen molar-refractivity contribution in [2.75, 3.05) is 16.8 Å². The Hall–Kier alpha value is -5.93. The van der Waals surface area contributed by atoms with E-state index in [1.807, 2.05) is 62.4 Å². The van der Waals surface area contributed by atoms with Crippen LogP contribution in [0.2, 0.25) is 0 Å². The first-order chi connectivity index (χ1) is 23.9. The van der Waals surface area contributed by atoms with Crippen LogP contribution in [0.3, 0.4) is 0 Å². The Labute approximate surface area is 286 Å². The van der Waals surface area contributed by atoms with Crippen molar-refractivity contribution < 1.29 is 37.5 Å². The molecule has 3 heterocycles. The number of pyridine rings is 1. The second-order valence-electron chi connectivity index (χ2n) is 10.6. The summed E-state index contributed by atoms with van der Waals surface area (Å²) in [6.45, 7) is 5.49. The molecule has 13 nitrogen and oxygen atoms in total. The Balaban J connectivity index is 0.000000347. The normalized spacial score (nSPS) is 12.3. The molecule has 16 heteroatoms. The molecular weight excluding hydrogens is 657 g/mol. The lowest BCUT2D eigenvalue weighted by molar-refractivity contribution is -0.141. The van der Waals surface area contributed by atoms with E-state index in [4.69, 9.17) is 9.90 Å². The number of likely N-dealkylation sites (N-methyl/N-ethyl adjacent to an activating group) is 1. The summed E-state index contributed by atoms with van der Waals surface area (Å²) in [7, 11) is 0. The van der Waals surface area contributed by atoms with Crippen LogP contribution < -0.4 is 15.5 Å². The van der Waals surface area contributed by atoms with Gasteiger partial charge in [-0.2, -0.15) is 18.3 Å². The number of carbonyl (C=O) groups is 4. The van der Waals surface area contributed by atoms with Gasteiger partial charge in [0.05, 0.1) is 11.9 Å². The average Bonchev–Trinajstić information content (AvgIpc) is 3.46. The molecule has 4 aromatic rings. The average molecular weight is 695 g/mol. The number of aryl methyl sites for hydroxylation is 1. The molecule has 3 amide bonds. The lowest BCUT2D eigenvalue weighted by Gasteiger charge is -2.28. The molecule has 1 aliphatic rings. The van der Waals surface area contributed by atoms with Crippen molar-refractivity contribution in [3.8, 4) is 5.69 Å². The number of hydrogen-bond acceptors (Lipinski definition) is 8. The summed E-state index contributed by atoms with van der Waals surface area (Å²) >= 11 is 0. The number of hydrogen-bond donors (Lipinski definition) is 3. The minimum Gasteiger partial charge on any atom is -0.483 e. The molecule has 0 radical (unpaired) electrons. The van der Waals surface area contributed by atoms with E-state index in [0.29, 0.717) is 24.1 Å². The van der Waals surface area contributed by atoms with E-state index in [1.165, 1.54) is 4.90 Å². The largest absolute Gasteiger partial charge is 0.483 e. The summed E-state index contributed by atoms with van der Waals surface area (Å²) in [4.78, 5) is 58.4. The van der Waals surface area contributed by atoms with Crippen LogP contribution in [0.1, 0.15) is 61.4 Å². The van der Waals surface area contributed by atoms with E-state index in [0.717, 1.165) is 35.9 Å². The number of para-hydroxylation sites is 1. The summed E-state index contributed by atoms with van der Waals surface area (Å²) in [5.41, 5.74) is 1.14. The lowest BCUT2D eigenvalue weighted by Crippen LogP contribution is -2.49. The molecule has 5 rings (SSSR count). The molecule has 0 aliphatic heterocycles. The zero-order chi connectivity index (χ0) is 36.7. The molecule has 1 atom stereocenters. The van der Waals surface area contributed by atoms with Crippen LogP contribution >= 0.6 is 0 Å². The molecule has 50 heavy (non-hydrogen) atoms. The SMILES string of the molecule is CCCC(NC(=O)c1nccc(C(F)(F)F)n1)C(=O)N(CC)c1c(C)cnn1-c1ccccc1.O=C(Nc1ccccn1)C1=CCC1.O=CO. The maximum atomic E-state index is 13.5. The van der Waals surface area contributed by atoms with E-state index >= 15 is 0 Å². The number of allylic oxidation sites excluding steroid dienone is 1. The van der Waals surface area contributed by atoms with E-state index in [2.05, 4.69) is 30.7 Å². The van der Waals surface area contributed by atoms with Gasteiger partial charge in [0.15, 0.2) is 0 Å². The maximum Gasteiger partial charge on any atom is 0.433 e. The molecule has 0 spiro atoms. The number of aromatic nitrogens is 5. The van der Waals surface area contributed by atoms with Crippen LogP contribution in [0, 0.1) is 6.92 Å². The number of anilines is 2. The summed E-state index contributed by atoms with van der Waals surface area (Å²) < 4.78 is 40.6. The molecule has 1 unspecified atom stereocenters. The number of carbonyl (C=O) groups excluding carboxylic acids is 3. The number of nitrogens with one attached hydrogen (secondary N) is 2. The molecule has 264 valence electrons. The zero-order valence-electron chi connectivity index (χ0n) is 27.6. The summed E-state index contributed by atoms with van der Waals surface area (Å²) in [5.74, 6) is -0.889. The highest BCUT2D eigenvalue weighted by Crippen LogP contribution is 2.27. The molecule has 1 aliphatic carbocycles. The third kappa shape index (κ3) is 10.5. The highest BCUT2D eigenvalue weighted by atomic mass is 19.4. The molecule has 0 saturated heterocycles. The summed E-state index contributed by atoms with van der Waals surface area (Å²) in [6.07, 6.45) is 4.12. The Kier molecular flexibility index (Phi) is 14.3. The van der Waals surface area contributed by atoms with Crippen LogP contribution in [0.15, 0.2) is 84.8 Å². The number of benzene rings is 1. The standard InChI is InChI=1S/C23H25F3N6O2.C10H10N2O.CH2O2/c1-4-9-17(29-20(33)19-27-13-12-18(30-19)23(24,25)26)22(34)31(5-2)21-15(3)14-28-32(21)16-10-7-6-8-11-16;13-10(8-4-3-5-8)12-9-6-1-2-7-11-9;2-1-3/h6-8,10-14,17H,4-5,9H2,1-3H3,(H,29,33);1-2,4,6-7H,3,5H2,(H,11,12,13);1H,(H,2,3). The van der Waals surface area contributed by atoms with Gasteiger partial charge in [-0.1, -0.05) is 43.7 Å². The monoisotopic (exact) mass is 694 g/mol. The van der Waals surface area contributed by atoms with Crippen molar-refractivity contribution in [1.29, 1.82) is 0 Å². The topological polar surface area (TPSA) is 172 Å². The number of carboxylic acid groups (broad SMARTS) is 1. The third-order valence-electron chi connectivity index (χ3n) is 7.09. The van der Waals surface area contributed by atoms with Gasteiger partial charge in [-0.3, -0.25) is 24.1 Å². The van der Waals surface area contributed by atoms with Gasteiger partial charge in [0, 0.05) is 30.1 Å². The first kappa shape index (κ1) is 38.5. The molecular formula is C34H37F3N8O5. The van der Waals surface area contributed by atoms with Gasteiger partial charge in [-0.15, -0.1) is 0 Å². The van der Waals surface area contributed by atoms with Crippen LogP contribution in [-0.2, 0) is 20.6 Å². The van der Waals surface area contributed by atoms with Gasteiger partial charge < -0.3 is 15.7 Å². The fourth-order valence-electron chi connectivity index (χ4n) is 4.63. The summed E-state index contributed by atoms with van der Waals surface area (Å²) in [6, 6.07) is 14.4. The molecule has 1 aromatic carbocycles. The Morgan fingerprint density at radius 2 is 1.70 bits per heavy atom. The van der Waals surface area contributed by atoms with Gasteiger partial charge in [0.1, 0.15) is 23.4 Å². The predicted octanol–water partition coefficient (Wildman–Crippen LogP) is 5.38. The Morgan fingerprint density at radius 1 is 1.02 bits per heavy atom. The van der Waals surface area contributed by atoms with Crippen molar-refractivity contribution in [1.82, 2.24) is 30.0 Å². The van der Waals surface area contributed by atoms with E-state index in [9.17, 15) is 27.6 Å². The van der Waals surface area contributed by atoms with Crippen LogP contribution in [0.4, 0.5) is 24.8 Å². The molecule has 0 bridgehead atoms. The molecule has 0 saturated carbocycles. The first-order valence-corrected chi connectivity index (χ1v) is 15.6. The van der Waals surface area contributed by atoms with E-state index in [-0.39, 0.29) is 25.3 Å². The number of alkyl halides is 3. The minimum atomic E-state index is -4.72. The van der Waals surface area contributed by atoms with Gasteiger partial charge in [-0.25, -0.2) is 19.6 Å². The van der Waals surface area contributed by atoms with Gasteiger partial charge in [0.25, 0.3) is 24.2 Å². The molecule has 0 fully saturated rings. The Bertz CT molecular complexity index is 1770.